The van der Waals surface area contributed by atoms with Crippen LogP contribution in [-0.4, -0.2) is 29.8 Å². The van der Waals surface area contributed by atoms with Crippen LogP contribution in [0, 0.1) is 11.8 Å². The maximum atomic E-state index is 4.58. The van der Waals surface area contributed by atoms with Crippen molar-refractivity contribution >= 4 is 12.6 Å². The van der Waals surface area contributed by atoms with Crippen molar-refractivity contribution in [3.05, 3.63) is 0 Å². The summed E-state index contributed by atoms with van der Waals surface area (Å²) in [4.78, 5) is 2.61. The molecule has 2 fully saturated rings. The van der Waals surface area contributed by atoms with Gasteiger partial charge in [0.25, 0.3) is 0 Å². The van der Waals surface area contributed by atoms with Crippen molar-refractivity contribution in [3.63, 3.8) is 0 Å². The van der Waals surface area contributed by atoms with Gasteiger partial charge in [-0.3, -0.25) is 0 Å². The van der Waals surface area contributed by atoms with Crippen molar-refractivity contribution in [2.75, 3.05) is 19.6 Å². The number of rotatable bonds is 2. The van der Waals surface area contributed by atoms with Gasteiger partial charge in [0.1, 0.15) is 0 Å². The Hall–Kier alpha value is 0.310. The quantitative estimate of drug-likeness (QED) is 0.644. The first-order valence-electron chi connectivity index (χ1n) is 5.14. The zero-order valence-corrected chi connectivity index (χ0v) is 8.76. The Kier molecular flexibility index (Phi) is 2.66. The van der Waals surface area contributed by atoms with Crippen LogP contribution in [0.3, 0.4) is 0 Å². The molecule has 0 amide bonds. The normalized spacial score (nSPS) is 38.5. The van der Waals surface area contributed by atoms with Crippen molar-refractivity contribution in [1.29, 1.82) is 0 Å². The van der Waals surface area contributed by atoms with Crippen molar-refractivity contribution in [2.45, 2.75) is 31.4 Å². The van der Waals surface area contributed by atoms with E-state index in [1.54, 1.807) is 0 Å². The molecule has 1 saturated heterocycles. The molecule has 1 saturated carbocycles. The van der Waals surface area contributed by atoms with E-state index in [1.807, 2.05) is 0 Å². The number of hydrogen-bond acceptors (Lipinski definition) is 2. The molecular weight excluding hydrogens is 166 g/mol. The van der Waals surface area contributed by atoms with Gasteiger partial charge in [-0.05, 0) is 31.1 Å². The van der Waals surface area contributed by atoms with Crippen LogP contribution in [0.1, 0.15) is 26.2 Å². The molecule has 2 aliphatic rings. The standard InChI is InChI=1S/C10H19NS/c1-8-4-10(12)7-11(5-8)6-9-2-3-9/h8-10,12H,2-7H2,1H3/t8-,10-/m0/s1. The van der Waals surface area contributed by atoms with Crippen LogP contribution in [0.5, 0.6) is 0 Å². The molecule has 0 N–H and O–H groups in total. The average Bonchev–Trinajstić information content (AvgIpc) is 2.68. The minimum absolute atomic E-state index is 0.632. The monoisotopic (exact) mass is 185 g/mol. The van der Waals surface area contributed by atoms with Crippen LogP contribution in [0.15, 0.2) is 0 Å². The molecule has 1 aliphatic carbocycles. The van der Waals surface area contributed by atoms with Gasteiger partial charge < -0.3 is 4.90 Å². The zero-order valence-electron chi connectivity index (χ0n) is 7.87. The molecule has 0 aromatic rings. The van der Waals surface area contributed by atoms with Crippen molar-refractivity contribution in [1.82, 2.24) is 4.90 Å². The topological polar surface area (TPSA) is 3.24 Å². The van der Waals surface area contributed by atoms with Gasteiger partial charge in [-0.15, -0.1) is 0 Å². The summed E-state index contributed by atoms with van der Waals surface area (Å²) in [7, 11) is 0. The number of nitrogens with zero attached hydrogens (tertiary/aromatic N) is 1. The smallest absolute Gasteiger partial charge is 0.0147 e. The molecule has 2 atom stereocenters. The molecule has 0 bridgehead atoms. The summed E-state index contributed by atoms with van der Waals surface area (Å²) in [5.41, 5.74) is 0. The summed E-state index contributed by atoms with van der Waals surface area (Å²) >= 11 is 4.58. The van der Waals surface area contributed by atoms with E-state index in [0.29, 0.717) is 5.25 Å². The van der Waals surface area contributed by atoms with Gasteiger partial charge in [-0.1, -0.05) is 6.92 Å². The highest BCUT2D eigenvalue weighted by atomic mass is 32.1. The maximum Gasteiger partial charge on any atom is 0.0147 e. The van der Waals surface area contributed by atoms with E-state index < -0.39 is 0 Å². The molecule has 1 nitrogen and oxygen atoms in total. The second-order valence-electron chi connectivity index (χ2n) is 4.66. The summed E-state index contributed by atoms with van der Waals surface area (Å²) < 4.78 is 0. The third-order valence-corrected chi connectivity index (χ3v) is 3.30. The highest BCUT2D eigenvalue weighted by Gasteiger charge is 2.28. The maximum absolute atomic E-state index is 4.58. The lowest BCUT2D eigenvalue weighted by atomic mass is 9.99. The second-order valence-corrected chi connectivity index (χ2v) is 5.39. The summed E-state index contributed by atoms with van der Waals surface area (Å²) in [5, 5.41) is 0.632. The first-order valence-corrected chi connectivity index (χ1v) is 5.66. The Labute approximate surface area is 80.9 Å². The van der Waals surface area contributed by atoms with Gasteiger partial charge >= 0.3 is 0 Å². The minimum Gasteiger partial charge on any atom is -0.302 e. The third-order valence-electron chi connectivity index (χ3n) is 2.93. The van der Waals surface area contributed by atoms with E-state index in [2.05, 4.69) is 24.5 Å². The molecule has 12 heavy (non-hydrogen) atoms. The first kappa shape index (κ1) is 8.89. The van der Waals surface area contributed by atoms with Gasteiger partial charge in [-0.2, -0.15) is 12.6 Å². The van der Waals surface area contributed by atoms with Gasteiger partial charge in [0, 0.05) is 24.9 Å². The largest absolute Gasteiger partial charge is 0.302 e. The Bertz CT molecular complexity index is 143. The fraction of sp³-hybridized carbons (Fsp3) is 1.00. The fourth-order valence-electron chi connectivity index (χ4n) is 2.24. The number of likely N-dealkylation sites (tertiary alicyclic amines) is 1. The van der Waals surface area contributed by atoms with Crippen LogP contribution in [-0.2, 0) is 0 Å². The number of thiol groups is 1. The van der Waals surface area contributed by atoms with Gasteiger partial charge in [0.15, 0.2) is 0 Å². The van der Waals surface area contributed by atoms with E-state index in [-0.39, 0.29) is 0 Å². The molecule has 0 unspecified atom stereocenters. The molecule has 0 spiro atoms. The Morgan fingerprint density at radius 3 is 2.67 bits per heavy atom. The zero-order chi connectivity index (χ0) is 8.55. The van der Waals surface area contributed by atoms with Crippen molar-refractivity contribution in [2.24, 2.45) is 11.8 Å². The summed E-state index contributed by atoms with van der Waals surface area (Å²) in [6.07, 6.45) is 4.26. The van der Waals surface area contributed by atoms with Crippen LogP contribution in [0.4, 0.5) is 0 Å². The van der Waals surface area contributed by atoms with E-state index in [0.717, 1.165) is 11.8 Å². The SMILES string of the molecule is C[C@H]1C[C@H](S)CN(CC2CC2)C1. The van der Waals surface area contributed by atoms with Crippen LogP contribution in [0.2, 0.25) is 0 Å². The van der Waals surface area contributed by atoms with Gasteiger partial charge in [0.2, 0.25) is 0 Å². The molecule has 2 rings (SSSR count). The van der Waals surface area contributed by atoms with E-state index >= 15 is 0 Å². The summed E-state index contributed by atoms with van der Waals surface area (Å²) in [6.45, 7) is 6.24. The summed E-state index contributed by atoms with van der Waals surface area (Å²) in [6, 6.07) is 0. The average molecular weight is 185 g/mol. The molecule has 0 aromatic carbocycles. The highest BCUT2D eigenvalue weighted by Crippen LogP contribution is 2.31. The molecule has 2 heteroatoms. The van der Waals surface area contributed by atoms with Gasteiger partial charge in [-0.25, -0.2) is 0 Å². The predicted molar refractivity (Wildman–Crippen MR) is 55.7 cm³/mol. The molecular formula is C10H19NS. The van der Waals surface area contributed by atoms with E-state index in [4.69, 9.17) is 0 Å². The Morgan fingerprint density at radius 2 is 2.08 bits per heavy atom. The molecule has 70 valence electrons. The molecule has 0 aromatic heterocycles. The lowest BCUT2D eigenvalue weighted by Gasteiger charge is -2.34. The van der Waals surface area contributed by atoms with E-state index in [9.17, 15) is 0 Å². The first-order chi connectivity index (χ1) is 5.74. The lowest BCUT2D eigenvalue weighted by molar-refractivity contribution is 0.183. The molecule has 1 aliphatic heterocycles. The molecule has 0 radical (unpaired) electrons. The van der Waals surface area contributed by atoms with Crippen LogP contribution < -0.4 is 0 Å². The van der Waals surface area contributed by atoms with Crippen molar-refractivity contribution in [3.8, 4) is 0 Å². The minimum atomic E-state index is 0.632. The summed E-state index contributed by atoms with van der Waals surface area (Å²) in [5.74, 6) is 1.90. The fourth-order valence-corrected chi connectivity index (χ4v) is 2.83. The van der Waals surface area contributed by atoms with Crippen LogP contribution >= 0.6 is 12.6 Å². The predicted octanol–water partition coefficient (Wildman–Crippen LogP) is 2.04. The lowest BCUT2D eigenvalue weighted by Crippen LogP contribution is -2.41. The van der Waals surface area contributed by atoms with Crippen molar-refractivity contribution < 1.29 is 0 Å². The number of piperidine rings is 1. The Balaban J connectivity index is 1.79. The molecule has 1 heterocycles. The van der Waals surface area contributed by atoms with Gasteiger partial charge in [0.05, 0.1) is 0 Å². The highest BCUT2D eigenvalue weighted by molar-refractivity contribution is 7.81. The Morgan fingerprint density at radius 1 is 1.33 bits per heavy atom. The van der Waals surface area contributed by atoms with Crippen LogP contribution in [0.25, 0.3) is 0 Å². The second kappa shape index (κ2) is 3.59. The third kappa shape index (κ3) is 2.40. The number of hydrogen-bond donors (Lipinski definition) is 1. The van der Waals surface area contributed by atoms with E-state index in [1.165, 1.54) is 38.9 Å².